The Kier molecular flexibility index (Phi) is 6.69. The molecule has 1 atom stereocenters. The Morgan fingerprint density at radius 2 is 1.54 bits per heavy atom. The second kappa shape index (κ2) is 9.70. The molecule has 0 aliphatic heterocycles. The van der Waals surface area contributed by atoms with Gasteiger partial charge in [0.2, 0.25) is 0 Å². The van der Waals surface area contributed by atoms with Crippen LogP contribution >= 0.6 is 0 Å². The van der Waals surface area contributed by atoms with Crippen molar-refractivity contribution in [2.24, 2.45) is 0 Å². The largest absolute Gasteiger partial charge is 0.416 e. The molecule has 0 spiro atoms. The Balaban J connectivity index is 1.95. The first-order valence-electron chi connectivity index (χ1n) is 10.9. The molecule has 0 radical (unpaired) electrons. The number of alkyl halides is 3. The second-order valence-electron chi connectivity index (χ2n) is 8.25. The van der Waals surface area contributed by atoms with Crippen molar-refractivity contribution >= 4 is 5.91 Å². The minimum absolute atomic E-state index is 0.0886. The van der Waals surface area contributed by atoms with Gasteiger partial charge >= 0.3 is 6.18 Å². The van der Waals surface area contributed by atoms with E-state index >= 15 is 0 Å². The van der Waals surface area contributed by atoms with E-state index in [9.17, 15) is 22.4 Å². The number of amides is 1. The molecule has 178 valence electrons. The third-order valence-corrected chi connectivity index (χ3v) is 5.86. The van der Waals surface area contributed by atoms with Crippen LogP contribution in [0.2, 0.25) is 0 Å². The zero-order valence-corrected chi connectivity index (χ0v) is 18.8. The fraction of sp³-hybridized carbons (Fsp3) is 0.143. The molecule has 0 saturated carbocycles. The first-order valence-corrected chi connectivity index (χ1v) is 10.9. The number of halogens is 4. The summed E-state index contributed by atoms with van der Waals surface area (Å²) in [6, 6.07) is 23.2. The number of nitrogens with one attached hydrogen (secondary N) is 1. The summed E-state index contributed by atoms with van der Waals surface area (Å²) in [7, 11) is 0. The monoisotopic (exact) mass is 478 g/mol. The van der Waals surface area contributed by atoms with Gasteiger partial charge in [0.25, 0.3) is 5.91 Å². The van der Waals surface area contributed by atoms with Crippen LogP contribution in [0.1, 0.15) is 38.3 Å². The third-order valence-electron chi connectivity index (χ3n) is 5.86. The Morgan fingerprint density at radius 3 is 2.23 bits per heavy atom. The number of carbonyl (C=O) groups excluding carboxylic acids is 1. The smallest absolute Gasteiger partial charge is 0.336 e. The maximum Gasteiger partial charge on any atom is 0.416 e. The molecule has 1 amide bonds. The maximum atomic E-state index is 14.9. The van der Waals surface area contributed by atoms with E-state index in [0.717, 1.165) is 17.7 Å². The van der Waals surface area contributed by atoms with Crippen molar-refractivity contribution in [2.75, 3.05) is 0 Å². The number of benzene rings is 3. The average Bonchev–Trinajstić information content (AvgIpc) is 2.86. The molecule has 4 rings (SSSR count). The number of carbonyl (C=O) groups is 1. The van der Waals surface area contributed by atoms with Gasteiger partial charge in [0.1, 0.15) is 11.4 Å². The van der Waals surface area contributed by atoms with Crippen molar-refractivity contribution < 1.29 is 22.4 Å². The zero-order chi connectivity index (χ0) is 25.1. The summed E-state index contributed by atoms with van der Waals surface area (Å²) in [6.07, 6.45) is -3.00. The molecule has 1 N–H and O–H groups in total. The number of aromatic nitrogens is 1. The van der Waals surface area contributed by atoms with E-state index in [1.165, 1.54) is 37.4 Å². The van der Waals surface area contributed by atoms with Crippen molar-refractivity contribution in [3.8, 4) is 0 Å². The van der Waals surface area contributed by atoms with Crippen molar-refractivity contribution in [1.82, 2.24) is 10.3 Å². The third kappa shape index (κ3) is 5.09. The Labute approximate surface area is 200 Å². The maximum absolute atomic E-state index is 14.9. The summed E-state index contributed by atoms with van der Waals surface area (Å²) < 4.78 is 55.8. The topological polar surface area (TPSA) is 42.0 Å². The SMILES string of the molecule is Cc1cccc(C(=O)NC(Cc2ccccc2)(c2cccc(C(F)(F)F)c2)c2ccccn2)c1F. The van der Waals surface area contributed by atoms with Crippen molar-refractivity contribution in [1.29, 1.82) is 0 Å². The van der Waals surface area contributed by atoms with Crippen LogP contribution in [0.25, 0.3) is 0 Å². The molecule has 0 saturated heterocycles. The van der Waals surface area contributed by atoms with Crippen molar-refractivity contribution in [3.63, 3.8) is 0 Å². The van der Waals surface area contributed by atoms with E-state index < -0.39 is 29.0 Å². The molecule has 35 heavy (non-hydrogen) atoms. The number of hydrogen-bond acceptors (Lipinski definition) is 2. The van der Waals surface area contributed by atoms with E-state index in [-0.39, 0.29) is 23.1 Å². The molecule has 7 heteroatoms. The number of aryl methyl sites for hydroxylation is 1. The molecule has 0 aliphatic carbocycles. The fourth-order valence-corrected chi connectivity index (χ4v) is 4.08. The minimum atomic E-state index is -4.59. The molecule has 0 bridgehead atoms. The van der Waals surface area contributed by atoms with Gasteiger partial charge in [-0.25, -0.2) is 4.39 Å². The molecule has 1 unspecified atom stereocenters. The lowest BCUT2D eigenvalue weighted by Gasteiger charge is -2.36. The van der Waals surface area contributed by atoms with Crippen LogP contribution in [-0.2, 0) is 18.1 Å². The summed E-state index contributed by atoms with van der Waals surface area (Å²) in [5.41, 5.74) is -1.05. The molecule has 1 aromatic heterocycles. The molecule has 3 aromatic carbocycles. The predicted octanol–water partition coefficient (Wildman–Crippen LogP) is 6.46. The van der Waals surface area contributed by atoms with E-state index in [1.807, 2.05) is 18.2 Å². The van der Waals surface area contributed by atoms with E-state index in [1.54, 1.807) is 36.4 Å². The summed E-state index contributed by atoms with van der Waals surface area (Å²) >= 11 is 0. The van der Waals surface area contributed by atoms with Gasteiger partial charge in [-0.15, -0.1) is 0 Å². The first-order chi connectivity index (χ1) is 16.7. The second-order valence-corrected chi connectivity index (χ2v) is 8.25. The predicted molar refractivity (Wildman–Crippen MR) is 125 cm³/mol. The molecule has 1 heterocycles. The summed E-state index contributed by atoms with van der Waals surface area (Å²) in [4.78, 5) is 17.9. The van der Waals surface area contributed by atoms with Crippen LogP contribution in [0.4, 0.5) is 17.6 Å². The minimum Gasteiger partial charge on any atom is -0.336 e. The average molecular weight is 478 g/mol. The van der Waals surface area contributed by atoms with Crippen LogP contribution in [0.5, 0.6) is 0 Å². The van der Waals surface area contributed by atoms with Crippen molar-refractivity contribution in [3.05, 3.63) is 137 Å². The van der Waals surface area contributed by atoms with Crippen molar-refractivity contribution in [2.45, 2.75) is 25.1 Å². The van der Waals surface area contributed by atoms with E-state index in [0.29, 0.717) is 5.69 Å². The van der Waals surface area contributed by atoms with Gasteiger partial charge in [0.05, 0.1) is 16.8 Å². The lowest BCUT2D eigenvalue weighted by molar-refractivity contribution is -0.137. The van der Waals surface area contributed by atoms with Crippen LogP contribution in [0.15, 0.2) is 97.2 Å². The number of hydrogen-bond donors (Lipinski definition) is 1. The van der Waals surface area contributed by atoms with E-state index in [4.69, 9.17) is 0 Å². The standard InChI is InChI=1S/C28H22F4N2O/c1-19-9-7-14-23(25(19)29)26(35)34-27(24-15-5-6-16-33-24,18-20-10-3-2-4-11-20)21-12-8-13-22(17-21)28(30,31)32/h2-17H,18H2,1H3,(H,34,35). The Bertz CT molecular complexity index is 1320. The van der Waals surface area contributed by atoms with Gasteiger partial charge in [0, 0.05) is 12.6 Å². The summed E-state index contributed by atoms with van der Waals surface area (Å²) in [6.45, 7) is 1.54. The highest BCUT2D eigenvalue weighted by molar-refractivity contribution is 5.95. The molecule has 3 nitrogen and oxygen atoms in total. The van der Waals surface area contributed by atoms with E-state index in [2.05, 4.69) is 10.3 Å². The Morgan fingerprint density at radius 1 is 0.857 bits per heavy atom. The fourth-order valence-electron chi connectivity index (χ4n) is 4.08. The molecular weight excluding hydrogens is 456 g/mol. The molecule has 4 aromatic rings. The van der Waals surface area contributed by atoms with Crippen LogP contribution in [0.3, 0.4) is 0 Å². The normalized spacial score (nSPS) is 13.2. The highest BCUT2D eigenvalue weighted by atomic mass is 19.4. The number of rotatable bonds is 6. The number of pyridine rings is 1. The van der Waals surface area contributed by atoms with Gasteiger partial charge in [0.15, 0.2) is 0 Å². The summed E-state index contributed by atoms with van der Waals surface area (Å²) in [5, 5.41) is 2.87. The van der Waals surface area contributed by atoms with Gasteiger partial charge in [-0.05, 0) is 53.9 Å². The van der Waals surface area contributed by atoms with Crippen LogP contribution < -0.4 is 5.32 Å². The van der Waals surface area contributed by atoms with Gasteiger partial charge in [-0.3, -0.25) is 9.78 Å². The lowest BCUT2D eigenvalue weighted by atomic mass is 9.79. The quantitative estimate of drug-likeness (QED) is 0.323. The van der Waals surface area contributed by atoms with Gasteiger partial charge in [-0.1, -0.05) is 60.7 Å². The first kappa shape index (κ1) is 24.1. The molecule has 0 fully saturated rings. The Hall–Kier alpha value is -4.00. The van der Waals surface area contributed by atoms with Crippen LogP contribution in [0, 0.1) is 12.7 Å². The highest BCUT2D eigenvalue weighted by Crippen LogP contribution is 2.37. The van der Waals surface area contributed by atoms with Gasteiger partial charge < -0.3 is 5.32 Å². The lowest BCUT2D eigenvalue weighted by Crippen LogP contribution is -2.49. The molecule has 0 aliphatic rings. The molecular formula is C28H22F4N2O. The number of nitrogens with zero attached hydrogens (tertiary/aromatic N) is 1. The van der Waals surface area contributed by atoms with Gasteiger partial charge in [-0.2, -0.15) is 13.2 Å². The summed E-state index contributed by atoms with van der Waals surface area (Å²) in [5.74, 6) is -1.45. The zero-order valence-electron chi connectivity index (χ0n) is 18.8. The highest BCUT2D eigenvalue weighted by Gasteiger charge is 2.40. The van der Waals surface area contributed by atoms with Crippen LogP contribution in [-0.4, -0.2) is 10.9 Å².